The summed E-state index contributed by atoms with van der Waals surface area (Å²) < 4.78 is 0. The number of Topliss-reactive ketones (excluding diaryl/α,β-unsaturated/α-hetero) is 2. The zero-order valence-electron chi connectivity index (χ0n) is 12.4. The molecular weight excluding hydrogens is 308 g/mol. The molecule has 0 spiro atoms. The number of fused-ring (bicyclic) bond motifs is 3. The number of thioether (sulfide) groups is 1. The fourth-order valence-corrected chi connectivity index (χ4v) is 2.83. The summed E-state index contributed by atoms with van der Waals surface area (Å²) in [7, 11) is 0. The first-order valence-electron chi connectivity index (χ1n) is 7.02. The lowest BCUT2D eigenvalue weighted by atomic mass is 9.83. The van der Waals surface area contributed by atoms with Gasteiger partial charge in [-0.15, -0.1) is 0 Å². The maximum absolute atomic E-state index is 12.2. The molecule has 3 rings (SSSR count). The topological polar surface area (TPSA) is 51.2 Å². The number of ketones is 2. The average Bonchev–Trinajstić information content (AvgIpc) is 2.56. The van der Waals surface area contributed by atoms with Gasteiger partial charge in [0, 0.05) is 23.6 Å². The van der Waals surface area contributed by atoms with Crippen LogP contribution in [0.5, 0.6) is 0 Å². The van der Waals surface area contributed by atoms with Gasteiger partial charge < -0.3 is 0 Å². The van der Waals surface area contributed by atoms with Crippen LogP contribution in [0, 0.1) is 11.8 Å². The standard InChI is InChI=1S/C19H12O3S/c1-12(20)23-10-4-5-13-8-9-16-17(11-13)14-6-2-3-7-15(14)18(21)19(16)22/h2-3,6-9,11H,10H2,1H3. The zero-order chi connectivity index (χ0) is 16.4. The van der Waals surface area contributed by atoms with E-state index in [0.717, 1.165) is 28.5 Å². The summed E-state index contributed by atoms with van der Waals surface area (Å²) in [6.07, 6.45) is 0. The summed E-state index contributed by atoms with van der Waals surface area (Å²) in [5.74, 6) is 5.39. The minimum absolute atomic E-state index is 0.0303. The van der Waals surface area contributed by atoms with Crippen molar-refractivity contribution in [1.82, 2.24) is 0 Å². The summed E-state index contributed by atoms with van der Waals surface area (Å²) in [6.45, 7) is 1.50. The van der Waals surface area contributed by atoms with Gasteiger partial charge in [-0.1, -0.05) is 47.9 Å². The van der Waals surface area contributed by atoms with Crippen LogP contribution < -0.4 is 0 Å². The van der Waals surface area contributed by atoms with Gasteiger partial charge in [0.2, 0.25) is 11.6 Å². The second-order valence-electron chi connectivity index (χ2n) is 5.05. The molecule has 23 heavy (non-hydrogen) atoms. The largest absolute Gasteiger partial charge is 0.288 e. The van der Waals surface area contributed by atoms with Crippen molar-refractivity contribution in [3.63, 3.8) is 0 Å². The first kappa shape index (κ1) is 15.3. The van der Waals surface area contributed by atoms with Crippen LogP contribution in [0.1, 0.15) is 33.2 Å². The molecule has 112 valence electrons. The Morgan fingerprint density at radius 1 is 0.957 bits per heavy atom. The van der Waals surface area contributed by atoms with E-state index in [9.17, 15) is 14.4 Å². The van der Waals surface area contributed by atoms with Crippen LogP contribution in [-0.2, 0) is 4.79 Å². The van der Waals surface area contributed by atoms with Crippen LogP contribution in [-0.4, -0.2) is 22.4 Å². The second kappa shape index (κ2) is 6.23. The molecule has 0 bridgehead atoms. The second-order valence-corrected chi connectivity index (χ2v) is 6.20. The maximum Gasteiger partial charge on any atom is 0.234 e. The molecule has 0 aromatic heterocycles. The third-order valence-corrected chi connectivity index (χ3v) is 4.21. The lowest BCUT2D eigenvalue weighted by Gasteiger charge is -2.17. The summed E-state index contributed by atoms with van der Waals surface area (Å²) in [4.78, 5) is 35.2. The Hall–Kier alpha value is -2.64. The molecule has 0 atom stereocenters. The van der Waals surface area contributed by atoms with Crippen molar-refractivity contribution in [2.45, 2.75) is 6.92 Å². The van der Waals surface area contributed by atoms with E-state index in [2.05, 4.69) is 11.8 Å². The van der Waals surface area contributed by atoms with Crippen molar-refractivity contribution in [3.8, 4) is 23.0 Å². The number of carbonyl (C=O) groups excluding carboxylic acids is 3. The van der Waals surface area contributed by atoms with Crippen molar-refractivity contribution in [2.24, 2.45) is 0 Å². The highest BCUT2D eigenvalue weighted by Crippen LogP contribution is 2.33. The van der Waals surface area contributed by atoms with Gasteiger partial charge in [-0.25, -0.2) is 0 Å². The molecule has 1 aliphatic rings. The normalized spacial score (nSPS) is 12.0. The van der Waals surface area contributed by atoms with E-state index < -0.39 is 11.6 Å². The van der Waals surface area contributed by atoms with Crippen molar-refractivity contribution in [2.75, 3.05) is 5.75 Å². The Balaban J connectivity index is 2.02. The molecule has 0 amide bonds. The van der Waals surface area contributed by atoms with Crippen LogP contribution >= 0.6 is 11.8 Å². The molecule has 0 N–H and O–H groups in total. The highest BCUT2D eigenvalue weighted by atomic mass is 32.2. The third-order valence-electron chi connectivity index (χ3n) is 3.51. The first-order chi connectivity index (χ1) is 11.1. The number of carbonyl (C=O) groups is 3. The molecule has 0 fully saturated rings. The number of benzene rings is 2. The number of hydrogen-bond acceptors (Lipinski definition) is 4. The van der Waals surface area contributed by atoms with E-state index in [-0.39, 0.29) is 5.12 Å². The predicted molar refractivity (Wildman–Crippen MR) is 90.6 cm³/mol. The van der Waals surface area contributed by atoms with Crippen LogP contribution in [0.3, 0.4) is 0 Å². The summed E-state index contributed by atoms with van der Waals surface area (Å²) >= 11 is 1.16. The van der Waals surface area contributed by atoms with E-state index in [1.165, 1.54) is 6.92 Å². The average molecular weight is 320 g/mol. The van der Waals surface area contributed by atoms with Crippen LogP contribution in [0.2, 0.25) is 0 Å². The molecule has 2 aromatic carbocycles. The Bertz CT molecular complexity index is 900. The first-order valence-corrected chi connectivity index (χ1v) is 8.01. The SMILES string of the molecule is CC(=O)SCC#Cc1ccc2c(c1)-c1ccccc1C(=O)C2=O. The Labute approximate surface area is 138 Å². The van der Waals surface area contributed by atoms with E-state index >= 15 is 0 Å². The Morgan fingerprint density at radius 3 is 2.30 bits per heavy atom. The predicted octanol–water partition coefficient (Wildman–Crippen LogP) is 3.36. The zero-order valence-corrected chi connectivity index (χ0v) is 13.2. The van der Waals surface area contributed by atoms with Gasteiger partial charge in [0.15, 0.2) is 5.12 Å². The van der Waals surface area contributed by atoms with Gasteiger partial charge in [-0.2, -0.15) is 0 Å². The van der Waals surface area contributed by atoms with Crippen LogP contribution in [0.15, 0.2) is 42.5 Å². The van der Waals surface area contributed by atoms with Crippen LogP contribution in [0.4, 0.5) is 0 Å². The fourth-order valence-electron chi connectivity index (χ4n) is 2.48. The molecule has 0 aliphatic heterocycles. The van der Waals surface area contributed by atoms with Gasteiger partial charge in [0.25, 0.3) is 0 Å². The maximum atomic E-state index is 12.2. The fraction of sp³-hybridized carbons (Fsp3) is 0.105. The molecule has 1 aliphatic carbocycles. The quantitative estimate of drug-likeness (QED) is 0.597. The molecule has 0 heterocycles. The highest BCUT2D eigenvalue weighted by Gasteiger charge is 2.29. The van der Waals surface area contributed by atoms with Gasteiger partial charge in [-0.05, 0) is 29.3 Å². The van der Waals surface area contributed by atoms with E-state index in [4.69, 9.17) is 0 Å². The third kappa shape index (κ3) is 2.96. The van der Waals surface area contributed by atoms with Gasteiger partial charge in [0.05, 0.1) is 5.75 Å². The Morgan fingerprint density at radius 2 is 1.61 bits per heavy atom. The molecule has 0 saturated carbocycles. The highest BCUT2D eigenvalue weighted by molar-refractivity contribution is 8.13. The Kier molecular flexibility index (Phi) is 4.14. The number of hydrogen-bond donors (Lipinski definition) is 0. The molecule has 3 nitrogen and oxygen atoms in total. The molecule has 0 radical (unpaired) electrons. The molecule has 0 saturated heterocycles. The van der Waals surface area contributed by atoms with Crippen LogP contribution in [0.25, 0.3) is 11.1 Å². The minimum Gasteiger partial charge on any atom is -0.288 e. The van der Waals surface area contributed by atoms with Gasteiger partial charge in [0.1, 0.15) is 0 Å². The van der Waals surface area contributed by atoms with E-state index in [1.807, 2.05) is 18.2 Å². The molecular formula is C19H12O3S. The van der Waals surface area contributed by atoms with Crippen molar-refractivity contribution in [1.29, 1.82) is 0 Å². The van der Waals surface area contributed by atoms with Crippen molar-refractivity contribution < 1.29 is 14.4 Å². The van der Waals surface area contributed by atoms with E-state index in [1.54, 1.807) is 24.3 Å². The lowest BCUT2D eigenvalue weighted by Crippen LogP contribution is -2.21. The molecule has 4 heteroatoms. The van der Waals surface area contributed by atoms with Crippen molar-refractivity contribution in [3.05, 3.63) is 59.2 Å². The molecule has 2 aromatic rings. The lowest BCUT2D eigenvalue weighted by molar-refractivity contribution is -0.109. The summed E-state index contributed by atoms with van der Waals surface area (Å²) in [5.41, 5.74) is 3.09. The van der Waals surface area contributed by atoms with Gasteiger partial charge in [-0.3, -0.25) is 14.4 Å². The summed E-state index contributed by atoms with van der Waals surface area (Å²) in [5, 5.41) is 0.0303. The summed E-state index contributed by atoms with van der Waals surface area (Å²) in [6, 6.07) is 12.3. The molecule has 0 unspecified atom stereocenters. The monoisotopic (exact) mass is 320 g/mol. The van der Waals surface area contributed by atoms with Gasteiger partial charge >= 0.3 is 0 Å². The number of rotatable bonds is 1. The smallest absolute Gasteiger partial charge is 0.234 e. The van der Waals surface area contributed by atoms with E-state index in [0.29, 0.717) is 16.9 Å². The minimum atomic E-state index is -0.481. The van der Waals surface area contributed by atoms with Crippen molar-refractivity contribution >= 4 is 28.4 Å².